The van der Waals surface area contributed by atoms with Crippen molar-refractivity contribution in [2.75, 3.05) is 0 Å². The monoisotopic (exact) mass is 369 g/mol. The summed E-state index contributed by atoms with van der Waals surface area (Å²) in [5, 5.41) is 0. The maximum absolute atomic E-state index is 0. The van der Waals surface area contributed by atoms with E-state index in [1.165, 1.54) is 0 Å². The summed E-state index contributed by atoms with van der Waals surface area (Å²) in [5.74, 6) is 0. The second-order valence-electron chi connectivity index (χ2n) is 0. The third-order valence-corrected chi connectivity index (χ3v) is 0. The standard InChI is InChI=1S/Ce.Nb.8H2O/h;;8*1H2/q+3;+5;;;;;;;;/p-8. The molecule has 65 valence electrons. The van der Waals surface area contributed by atoms with Gasteiger partial charge < -0.3 is 43.8 Å². The smallest absolute Gasteiger partial charge is 0.870 e. The summed E-state index contributed by atoms with van der Waals surface area (Å²) in [6, 6.07) is 0. The van der Waals surface area contributed by atoms with Crippen molar-refractivity contribution in [3.63, 3.8) is 0 Å². The Labute approximate surface area is 107 Å². The van der Waals surface area contributed by atoms with Gasteiger partial charge >= 0.3 is 64.1 Å². The largest absolute Gasteiger partial charge is 5.00 e. The predicted octanol–water partition coefficient (Wildman–Crippen LogP) is -1.42. The van der Waals surface area contributed by atoms with Crippen molar-refractivity contribution in [3.05, 3.63) is 0 Å². The van der Waals surface area contributed by atoms with Crippen LogP contribution in [0.5, 0.6) is 0 Å². The first-order valence-electron chi connectivity index (χ1n) is 0. The van der Waals surface area contributed by atoms with Crippen LogP contribution in [-0.2, 0) is 22.4 Å². The summed E-state index contributed by atoms with van der Waals surface area (Å²) in [6.45, 7) is 0. The fraction of sp³-hybridized carbons (Fsp3) is 0. The Morgan fingerprint density at radius 1 is 0.300 bits per heavy atom. The van der Waals surface area contributed by atoms with Crippen LogP contribution >= 0.6 is 0 Å². The molecule has 10 heteroatoms. The van der Waals surface area contributed by atoms with Crippen molar-refractivity contribution < 1.29 is 108 Å². The first-order chi connectivity index (χ1) is 0. The zero-order chi connectivity index (χ0) is 0. The Morgan fingerprint density at radius 2 is 0.300 bits per heavy atom. The summed E-state index contributed by atoms with van der Waals surface area (Å²) >= 11 is 0. The third-order valence-electron chi connectivity index (χ3n) is 0. The Morgan fingerprint density at radius 3 is 0.300 bits per heavy atom. The van der Waals surface area contributed by atoms with E-state index in [-0.39, 0.29) is 108 Å². The average molecular weight is 369 g/mol. The van der Waals surface area contributed by atoms with Gasteiger partial charge in [-0.1, -0.05) is 0 Å². The van der Waals surface area contributed by atoms with Crippen molar-refractivity contribution in [2.24, 2.45) is 0 Å². The quantitative estimate of drug-likeness (QED) is 0.458. The molecule has 8 nitrogen and oxygen atoms in total. The van der Waals surface area contributed by atoms with Crippen LogP contribution < -0.4 is 0 Å². The molecule has 0 amide bonds. The van der Waals surface area contributed by atoms with Crippen molar-refractivity contribution in [2.45, 2.75) is 0 Å². The fourth-order valence-corrected chi connectivity index (χ4v) is 0. The molecule has 0 heterocycles. The summed E-state index contributed by atoms with van der Waals surface area (Å²) in [4.78, 5) is 0. The zero-order valence-corrected chi connectivity index (χ0v) is 9.86. The average Bonchev–Trinajstić information content (AvgIpc) is 0. The van der Waals surface area contributed by atoms with Gasteiger partial charge in [0.25, 0.3) is 0 Å². The minimum absolute atomic E-state index is 0. The van der Waals surface area contributed by atoms with Crippen LogP contribution in [0.4, 0.5) is 0 Å². The van der Waals surface area contributed by atoms with Gasteiger partial charge in [0.1, 0.15) is 0 Å². The molecule has 0 bridgehead atoms. The summed E-state index contributed by atoms with van der Waals surface area (Å²) in [5.41, 5.74) is 0. The minimum atomic E-state index is 0. The molecule has 0 rings (SSSR count). The Bertz CT molecular complexity index is 9.22. The summed E-state index contributed by atoms with van der Waals surface area (Å²) < 4.78 is 0. The zero-order valence-electron chi connectivity index (χ0n) is 4.52. The molecule has 1 radical (unpaired) electrons. The second kappa shape index (κ2) is 321. The van der Waals surface area contributed by atoms with E-state index in [4.69, 9.17) is 0 Å². The van der Waals surface area contributed by atoms with Gasteiger partial charge in [-0.15, -0.1) is 0 Å². The predicted molar refractivity (Wildman–Crippen MR) is 15.5 cm³/mol. The van der Waals surface area contributed by atoms with Gasteiger partial charge in [-0.05, 0) is 0 Å². The topological polar surface area (TPSA) is 240 Å². The summed E-state index contributed by atoms with van der Waals surface area (Å²) in [6.07, 6.45) is 0. The Kier molecular flexibility index (Phi) is 13700. The molecule has 0 aromatic rings. The summed E-state index contributed by atoms with van der Waals surface area (Å²) in [7, 11) is 0. The second-order valence-corrected chi connectivity index (χ2v) is 0. The molecule has 0 saturated heterocycles. The third kappa shape index (κ3) is 235. The van der Waals surface area contributed by atoms with Crippen LogP contribution in [0, 0.1) is 41.7 Å². The molecule has 0 atom stereocenters. The van der Waals surface area contributed by atoms with Crippen molar-refractivity contribution in [1.29, 1.82) is 0 Å². The maximum atomic E-state index is 0. The number of rotatable bonds is 0. The van der Waals surface area contributed by atoms with E-state index in [1.54, 1.807) is 0 Å². The Hall–Kier alpha value is 1.80. The molecule has 0 aromatic carbocycles. The molecule has 0 fully saturated rings. The van der Waals surface area contributed by atoms with E-state index >= 15 is 0 Å². The molecule has 10 heavy (non-hydrogen) atoms. The van der Waals surface area contributed by atoms with Crippen LogP contribution in [0.3, 0.4) is 0 Å². The van der Waals surface area contributed by atoms with Gasteiger partial charge in [-0.2, -0.15) is 0 Å². The van der Waals surface area contributed by atoms with Crippen LogP contribution in [0.25, 0.3) is 0 Å². The molecule has 0 aliphatic rings. The number of hydrogen-bond acceptors (Lipinski definition) is 8. The Balaban J connectivity index is 0. The van der Waals surface area contributed by atoms with E-state index in [0.29, 0.717) is 0 Å². The van der Waals surface area contributed by atoms with Gasteiger partial charge in [0.05, 0.1) is 0 Å². The normalized spacial score (nSPS) is 0. The van der Waals surface area contributed by atoms with Crippen molar-refractivity contribution in [1.82, 2.24) is 0 Å². The minimum Gasteiger partial charge on any atom is -0.870 e. The molecule has 0 saturated carbocycles. The van der Waals surface area contributed by atoms with Crippen LogP contribution in [0.2, 0.25) is 0 Å². The van der Waals surface area contributed by atoms with Gasteiger partial charge in [-0.25, -0.2) is 0 Å². The van der Waals surface area contributed by atoms with Gasteiger partial charge in [-0.3, -0.25) is 0 Å². The van der Waals surface area contributed by atoms with Gasteiger partial charge in [0, 0.05) is 0 Å². The van der Waals surface area contributed by atoms with Crippen molar-refractivity contribution >= 4 is 0 Å². The number of hydrogen-bond donors (Lipinski definition) is 0. The molecular weight excluding hydrogens is 361 g/mol. The van der Waals surface area contributed by atoms with Gasteiger partial charge in [0.2, 0.25) is 0 Å². The fourth-order valence-electron chi connectivity index (χ4n) is 0. The van der Waals surface area contributed by atoms with Crippen LogP contribution in [-0.4, -0.2) is 43.8 Å². The van der Waals surface area contributed by atoms with E-state index < -0.39 is 0 Å². The van der Waals surface area contributed by atoms with E-state index in [2.05, 4.69) is 0 Å². The molecule has 8 N–H and O–H groups in total. The van der Waals surface area contributed by atoms with Crippen LogP contribution in [0.1, 0.15) is 0 Å². The van der Waals surface area contributed by atoms with Crippen LogP contribution in [0.15, 0.2) is 0 Å². The molecule has 0 spiro atoms. The van der Waals surface area contributed by atoms with Crippen molar-refractivity contribution in [3.8, 4) is 0 Å². The molecule has 0 aromatic heterocycles. The first kappa shape index (κ1) is 426. The molecule has 0 aliphatic heterocycles. The molecular formula is H8CeNbO8. The molecule has 0 aliphatic carbocycles. The van der Waals surface area contributed by atoms with E-state index in [9.17, 15) is 0 Å². The maximum Gasteiger partial charge on any atom is 5.00 e. The van der Waals surface area contributed by atoms with Gasteiger partial charge in [0.15, 0.2) is 0 Å². The van der Waals surface area contributed by atoms with E-state index in [1.807, 2.05) is 0 Å². The molecule has 0 unspecified atom stereocenters. The first-order valence-corrected chi connectivity index (χ1v) is 0. The SMILES string of the molecule is [Ce+3].[Nb+5].[OH-].[OH-].[OH-].[OH-].[OH-].[OH-].[OH-].[OH-]. The van der Waals surface area contributed by atoms with E-state index in [0.717, 1.165) is 0 Å².